The molecule has 2 aromatic carbocycles. The van der Waals surface area contributed by atoms with Gasteiger partial charge in [-0.3, -0.25) is 14.4 Å². The van der Waals surface area contributed by atoms with Crippen molar-refractivity contribution in [1.82, 2.24) is 19.8 Å². The number of fused-ring (bicyclic) bond motifs is 1. The standard InChI is InChI=1S/C31H35N5O3S/c1-31(2,3)30(39)33-24(17-22-19-40-25-14-8-7-13-23(22)25)28(37)34-26-18-36(20-32-26)27(21-11-5-4-6-12-21)29(38)35-15-9-10-16-35/h4-8,11-14,18-20,24,27H,9-10,15-17H2,1-3H3,(H,33,39)(H,34,37)/t24-,27?/m1/s1. The molecule has 1 unspecified atom stereocenters. The molecule has 8 nitrogen and oxygen atoms in total. The first kappa shape index (κ1) is 27.6. The number of likely N-dealkylation sites (tertiary alicyclic amines) is 1. The fourth-order valence-electron chi connectivity index (χ4n) is 4.94. The van der Waals surface area contributed by atoms with Crippen LogP contribution in [-0.4, -0.2) is 51.3 Å². The average molecular weight is 558 g/mol. The Morgan fingerprint density at radius 3 is 2.42 bits per heavy atom. The largest absolute Gasteiger partial charge is 0.344 e. The van der Waals surface area contributed by atoms with E-state index in [2.05, 4.69) is 15.6 Å². The minimum absolute atomic E-state index is 0.0126. The smallest absolute Gasteiger partial charge is 0.250 e. The highest BCUT2D eigenvalue weighted by Crippen LogP contribution is 2.28. The Hall–Kier alpha value is -3.98. The highest BCUT2D eigenvalue weighted by atomic mass is 32.1. The Morgan fingerprint density at radius 2 is 1.70 bits per heavy atom. The first-order chi connectivity index (χ1) is 19.2. The molecule has 1 aliphatic rings. The number of nitrogens with zero attached hydrogens (tertiary/aromatic N) is 3. The number of imidazole rings is 1. The molecule has 2 aromatic heterocycles. The fraction of sp³-hybridized carbons (Fsp3) is 0.355. The van der Waals surface area contributed by atoms with E-state index < -0.39 is 17.5 Å². The molecule has 2 atom stereocenters. The van der Waals surface area contributed by atoms with E-state index in [-0.39, 0.29) is 17.7 Å². The number of benzene rings is 2. The molecule has 5 rings (SSSR count). The number of aromatic nitrogens is 2. The van der Waals surface area contributed by atoms with Crippen LogP contribution >= 0.6 is 11.3 Å². The van der Waals surface area contributed by atoms with Gasteiger partial charge in [0.15, 0.2) is 5.82 Å². The Bertz CT molecular complexity index is 1500. The van der Waals surface area contributed by atoms with Crippen LogP contribution in [0.1, 0.15) is 50.8 Å². The quantitative estimate of drug-likeness (QED) is 0.318. The Kier molecular flexibility index (Phi) is 8.02. The summed E-state index contributed by atoms with van der Waals surface area (Å²) in [5.74, 6) is -0.234. The Morgan fingerprint density at radius 1 is 1.00 bits per heavy atom. The van der Waals surface area contributed by atoms with Gasteiger partial charge in [-0.1, -0.05) is 69.3 Å². The SMILES string of the molecule is CC(C)(C)C(=O)N[C@H](Cc1csc2ccccc12)C(=O)Nc1cn(C(C(=O)N2CCCC2)c2ccccc2)cn1. The van der Waals surface area contributed by atoms with Crippen LogP contribution in [0.5, 0.6) is 0 Å². The second kappa shape index (κ2) is 11.6. The molecule has 1 saturated heterocycles. The molecule has 2 N–H and O–H groups in total. The van der Waals surface area contributed by atoms with E-state index in [1.54, 1.807) is 28.4 Å². The Labute approximate surface area is 238 Å². The molecule has 1 fully saturated rings. The highest BCUT2D eigenvalue weighted by molar-refractivity contribution is 7.17. The van der Waals surface area contributed by atoms with Gasteiger partial charge in [0, 0.05) is 35.8 Å². The number of anilines is 1. The van der Waals surface area contributed by atoms with Gasteiger partial charge in [0.25, 0.3) is 0 Å². The van der Waals surface area contributed by atoms with E-state index in [0.29, 0.717) is 12.2 Å². The van der Waals surface area contributed by atoms with E-state index in [4.69, 9.17) is 0 Å². The van der Waals surface area contributed by atoms with Crippen molar-refractivity contribution in [3.8, 4) is 0 Å². The first-order valence-corrected chi connectivity index (χ1v) is 14.5. The number of hydrogen-bond donors (Lipinski definition) is 2. The molecule has 0 saturated carbocycles. The number of rotatable bonds is 8. The topological polar surface area (TPSA) is 96.3 Å². The van der Waals surface area contributed by atoms with Gasteiger partial charge >= 0.3 is 0 Å². The lowest BCUT2D eigenvalue weighted by molar-refractivity contribution is -0.132. The average Bonchev–Trinajstić information content (AvgIpc) is 3.71. The number of hydrogen-bond acceptors (Lipinski definition) is 5. The predicted octanol–water partition coefficient (Wildman–Crippen LogP) is 5.02. The monoisotopic (exact) mass is 557 g/mol. The van der Waals surface area contributed by atoms with Gasteiger partial charge in [0.1, 0.15) is 12.1 Å². The molecule has 1 aliphatic heterocycles. The second-order valence-electron chi connectivity index (χ2n) is 11.3. The molecule has 0 aliphatic carbocycles. The zero-order valence-corrected chi connectivity index (χ0v) is 23.9. The number of nitrogens with one attached hydrogen (secondary N) is 2. The predicted molar refractivity (Wildman–Crippen MR) is 158 cm³/mol. The van der Waals surface area contributed by atoms with Crippen molar-refractivity contribution < 1.29 is 14.4 Å². The molecule has 0 radical (unpaired) electrons. The van der Waals surface area contributed by atoms with E-state index in [0.717, 1.165) is 47.1 Å². The van der Waals surface area contributed by atoms with Crippen molar-refractivity contribution >= 4 is 45.0 Å². The number of carbonyl (C=O) groups excluding carboxylic acids is 3. The van der Waals surface area contributed by atoms with Gasteiger partial charge in [-0.25, -0.2) is 4.98 Å². The number of carbonyl (C=O) groups is 3. The van der Waals surface area contributed by atoms with E-state index in [1.807, 2.05) is 85.6 Å². The lowest BCUT2D eigenvalue weighted by Gasteiger charge is -2.24. The summed E-state index contributed by atoms with van der Waals surface area (Å²) in [7, 11) is 0. The van der Waals surface area contributed by atoms with Crippen LogP contribution in [0.4, 0.5) is 5.82 Å². The molecule has 208 valence electrons. The van der Waals surface area contributed by atoms with Crippen LogP contribution < -0.4 is 10.6 Å². The maximum Gasteiger partial charge on any atom is 0.250 e. The van der Waals surface area contributed by atoms with E-state index in [1.165, 1.54) is 0 Å². The minimum atomic E-state index is -0.800. The summed E-state index contributed by atoms with van der Waals surface area (Å²) in [4.78, 5) is 46.3. The van der Waals surface area contributed by atoms with Crippen LogP contribution in [0.3, 0.4) is 0 Å². The van der Waals surface area contributed by atoms with Gasteiger partial charge in [-0.05, 0) is 40.8 Å². The fourth-order valence-corrected chi connectivity index (χ4v) is 5.91. The normalized spacial score (nSPS) is 15.1. The van der Waals surface area contributed by atoms with Crippen molar-refractivity contribution in [1.29, 1.82) is 0 Å². The molecule has 40 heavy (non-hydrogen) atoms. The maximum atomic E-state index is 13.6. The van der Waals surface area contributed by atoms with Gasteiger partial charge in [-0.2, -0.15) is 0 Å². The van der Waals surface area contributed by atoms with Crippen LogP contribution in [0.25, 0.3) is 10.1 Å². The number of amides is 3. The summed E-state index contributed by atoms with van der Waals surface area (Å²) in [5, 5.41) is 8.95. The zero-order valence-electron chi connectivity index (χ0n) is 23.1. The maximum absolute atomic E-state index is 13.6. The summed E-state index contributed by atoms with van der Waals surface area (Å²) in [6, 6.07) is 16.3. The van der Waals surface area contributed by atoms with Crippen molar-refractivity contribution in [3.63, 3.8) is 0 Å². The van der Waals surface area contributed by atoms with Gasteiger partial charge in [0.05, 0.1) is 6.33 Å². The zero-order chi connectivity index (χ0) is 28.3. The van der Waals surface area contributed by atoms with Crippen molar-refractivity contribution in [3.05, 3.63) is 83.6 Å². The van der Waals surface area contributed by atoms with Crippen LogP contribution in [0, 0.1) is 5.41 Å². The van der Waals surface area contributed by atoms with Crippen LogP contribution in [0.2, 0.25) is 0 Å². The summed E-state index contributed by atoms with van der Waals surface area (Å²) in [6.07, 6.45) is 5.61. The lowest BCUT2D eigenvalue weighted by Crippen LogP contribution is -2.48. The van der Waals surface area contributed by atoms with Crippen molar-refractivity contribution in [2.24, 2.45) is 5.41 Å². The van der Waals surface area contributed by atoms with Gasteiger partial charge in [0.2, 0.25) is 17.7 Å². The van der Waals surface area contributed by atoms with Crippen LogP contribution in [0.15, 0.2) is 72.5 Å². The summed E-state index contributed by atoms with van der Waals surface area (Å²) in [5.41, 5.74) is 1.20. The molecule has 0 spiro atoms. The molecule has 9 heteroatoms. The van der Waals surface area contributed by atoms with E-state index in [9.17, 15) is 14.4 Å². The Balaban J connectivity index is 1.39. The minimum Gasteiger partial charge on any atom is -0.344 e. The van der Waals surface area contributed by atoms with Gasteiger partial charge < -0.3 is 20.1 Å². The molecule has 4 aromatic rings. The third-order valence-corrected chi connectivity index (χ3v) is 8.22. The first-order valence-electron chi connectivity index (χ1n) is 13.6. The third kappa shape index (κ3) is 6.09. The molecule has 3 amide bonds. The van der Waals surface area contributed by atoms with Crippen molar-refractivity contribution in [2.45, 2.75) is 52.1 Å². The second-order valence-corrected chi connectivity index (χ2v) is 12.2. The molecular weight excluding hydrogens is 522 g/mol. The molecular formula is C31H35N5O3S. The summed E-state index contributed by atoms with van der Waals surface area (Å²) >= 11 is 1.62. The molecule has 0 bridgehead atoms. The van der Waals surface area contributed by atoms with E-state index >= 15 is 0 Å². The summed E-state index contributed by atoms with van der Waals surface area (Å²) in [6.45, 7) is 6.94. The number of thiophene rings is 1. The third-order valence-electron chi connectivity index (χ3n) is 7.21. The van der Waals surface area contributed by atoms with Crippen molar-refractivity contribution in [2.75, 3.05) is 18.4 Å². The summed E-state index contributed by atoms with van der Waals surface area (Å²) < 4.78 is 2.88. The van der Waals surface area contributed by atoms with Gasteiger partial charge in [-0.15, -0.1) is 11.3 Å². The van der Waals surface area contributed by atoms with Crippen LogP contribution in [-0.2, 0) is 20.8 Å². The highest BCUT2D eigenvalue weighted by Gasteiger charge is 2.31. The molecule has 3 heterocycles. The lowest BCUT2D eigenvalue weighted by atomic mass is 9.94.